The summed E-state index contributed by atoms with van der Waals surface area (Å²) in [6.07, 6.45) is 6.26. The summed E-state index contributed by atoms with van der Waals surface area (Å²) < 4.78 is 5.68. The molecule has 2 atom stereocenters. The lowest BCUT2D eigenvalue weighted by Crippen LogP contribution is -2.30. The molecule has 0 aliphatic carbocycles. The van der Waals surface area contributed by atoms with E-state index in [1.54, 1.807) is 6.33 Å². The fraction of sp³-hybridized carbons (Fsp3) is 0.471. The third-order valence-electron chi connectivity index (χ3n) is 4.30. The first kappa shape index (κ1) is 15.7. The lowest BCUT2D eigenvalue weighted by atomic mass is 9.95. The maximum Gasteiger partial charge on any atom is 0.133 e. The monoisotopic (exact) mass is 313 g/mol. The van der Waals surface area contributed by atoms with E-state index >= 15 is 0 Å². The maximum atomic E-state index is 5.68. The molecule has 3 heterocycles. The normalized spacial score (nSPS) is 20.4. The molecule has 0 spiro atoms. The largest absolute Gasteiger partial charge is 0.379 e. The van der Waals surface area contributed by atoms with Crippen molar-refractivity contribution in [2.24, 2.45) is 5.92 Å². The topological polar surface area (TPSA) is 63.2 Å². The van der Waals surface area contributed by atoms with Crippen molar-refractivity contribution in [3.8, 4) is 0 Å². The van der Waals surface area contributed by atoms with Gasteiger partial charge in [0.05, 0.1) is 19.3 Å². The number of pyridine rings is 1. The Morgan fingerprint density at radius 1 is 1.26 bits per heavy atom. The number of hydrogen-bond donors (Lipinski definition) is 1. The van der Waals surface area contributed by atoms with E-state index < -0.39 is 0 Å². The van der Waals surface area contributed by atoms with Crippen LogP contribution >= 0.6 is 0 Å². The van der Waals surface area contributed by atoms with Gasteiger partial charge in [-0.2, -0.15) is 0 Å². The molecule has 0 bridgehead atoms. The molecule has 1 aliphatic heterocycles. The Labute approximate surface area is 136 Å². The third kappa shape index (κ3) is 3.96. The molecule has 1 saturated heterocycles. The maximum absolute atomic E-state index is 5.68. The summed E-state index contributed by atoms with van der Waals surface area (Å²) >= 11 is 0. The zero-order chi connectivity index (χ0) is 16.1. The van der Waals surface area contributed by atoms with Crippen molar-refractivity contribution >= 4 is 11.6 Å². The molecule has 3 rings (SSSR count). The molecular formula is C17H23N5O. The van der Waals surface area contributed by atoms with Gasteiger partial charge in [0.15, 0.2) is 0 Å². The zero-order valence-corrected chi connectivity index (χ0v) is 13.6. The lowest BCUT2D eigenvalue weighted by Gasteiger charge is -2.21. The van der Waals surface area contributed by atoms with Crippen LogP contribution in [-0.2, 0) is 11.2 Å². The van der Waals surface area contributed by atoms with Gasteiger partial charge in [-0.3, -0.25) is 4.98 Å². The molecular weight excluding hydrogens is 290 g/mol. The average molecular weight is 313 g/mol. The molecule has 6 heteroatoms. The van der Waals surface area contributed by atoms with Crippen LogP contribution < -0.4 is 10.2 Å². The van der Waals surface area contributed by atoms with E-state index in [-0.39, 0.29) is 6.04 Å². The second-order valence-corrected chi connectivity index (χ2v) is 5.88. The molecule has 23 heavy (non-hydrogen) atoms. The number of ether oxygens (including phenoxy) is 1. The third-order valence-corrected chi connectivity index (χ3v) is 4.30. The second-order valence-electron chi connectivity index (χ2n) is 5.88. The van der Waals surface area contributed by atoms with Gasteiger partial charge in [-0.1, -0.05) is 0 Å². The van der Waals surface area contributed by atoms with Crippen LogP contribution in [0.15, 0.2) is 36.9 Å². The molecule has 1 aliphatic rings. The smallest absolute Gasteiger partial charge is 0.133 e. The van der Waals surface area contributed by atoms with Gasteiger partial charge < -0.3 is 15.0 Å². The van der Waals surface area contributed by atoms with E-state index in [1.807, 2.05) is 25.5 Å². The predicted octanol–water partition coefficient (Wildman–Crippen LogP) is 2.00. The summed E-state index contributed by atoms with van der Waals surface area (Å²) in [6, 6.07) is 6.38. The van der Waals surface area contributed by atoms with Crippen LogP contribution in [0.5, 0.6) is 0 Å². The second kappa shape index (κ2) is 7.37. The number of nitrogens with one attached hydrogen (secondary N) is 1. The summed E-state index contributed by atoms with van der Waals surface area (Å²) in [7, 11) is 2.02. The highest BCUT2D eigenvalue weighted by molar-refractivity contribution is 5.48. The number of hydrogen-bond acceptors (Lipinski definition) is 6. The number of nitrogens with zero attached hydrogens (tertiary/aromatic N) is 4. The Bertz CT molecular complexity index is 621. The Morgan fingerprint density at radius 3 is 2.87 bits per heavy atom. The Hall–Kier alpha value is -2.21. The van der Waals surface area contributed by atoms with Crippen LogP contribution in [0.1, 0.15) is 12.5 Å². The standard InChI is InChI=1S/C17H23N5O/c1-3-22(2)17-9-16(19-12-20-17)21-15-11-23-10-14(15)8-13-4-6-18-7-5-13/h4-7,9,12,14-15H,3,8,10-11H2,1-2H3,(H,19,20,21)/t14-,15+/m1/s1. The van der Waals surface area contributed by atoms with Gasteiger partial charge >= 0.3 is 0 Å². The summed E-state index contributed by atoms with van der Waals surface area (Å²) in [4.78, 5) is 14.8. The molecule has 1 fully saturated rings. The zero-order valence-electron chi connectivity index (χ0n) is 13.6. The minimum absolute atomic E-state index is 0.262. The first-order chi connectivity index (χ1) is 11.3. The SMILES string of the molecule is CCN(C)c1cc(N[C@H]2COC[C@H]2Cc2ccncc2)ncn1. The Kier molecular flexibility index (Phi) is 5.02. The molecule has 0 radical (unpaired) electrons. The van der Waals surface area contributed by atoms with Crippen molar-refractivity contribution in [3.05, 3.63) is 42.5 Å². The van der Waals surface area contributed by atoms with Crippen LogP contribution in [-0.4, -0.2) is 47.8 Å². The van der Waals surface area contributed by atoms with E-state index in [0.29, 0.717) is 12.5 Å². The molecule has 0 saturated carbocycles. The molecule has 122 valence electrons. The molecule has 0 unspecified atom stereocenters. The van der Waals surface area contributed by atoms with Crippen molar-refractivity contribution in [2.75, 3.05) is 37.0 Å². The van der Waals surface area contributed by atoms with Crippen molar-refractivity contribution in [1.29, 1.82) is 0 Å². The van der Waals surface area contributed by atoms with E-state index in [4.69, 9.17) is 4.74 Å². The van der Waals surface area contributed by atoms with E-state index in [0.717, 1.165) is 31.2 Å². The molecule has 2 aromatic rings. The van der Waals surface area contributed by atoms with Gasteiger partial charge in [0.2, 0.25) is 0 Å². The first-order valence-electron chi connectivity index (χ1n) is 8.02. The van der Waals surface area contributed by atoms with Gasteiger partial charge in [-0.15, -0.1) is 0 Å². The van der Waals surface area contributed by atoms with Gasteiger partial charge in [-0.05, 0) is 31.0 Å². The van der Waals surface area contributed by atoms with Crippen molar-refractivity contribution in [3.63, 3.8) is 0 Å². The highest BCUT2D eigenvalue weighted by atomic mass is 16.5. The fourth-order valence-electron chi connectivity index (χ4n) is 2.77. The lowest BCUT2D eigenvalue weighted by molar-refractivity contribution is 0.185. The summed E-state index contributed by atoms with van der Waals surface area (Å²) in [5.41, 5.74) is 1.29. The number of aromatic nitrogens is 3. The van der Waals surface area contributed by atoms with E-state index in [2.05, 4.69) is 44.2 Å². The van der Waals surface area contributed by atoms with E-state index in [9.17, 15) is 0 Å². The molecule has 0 amide bonds. The van der Waals surface area contributed by atoms with Gasteiger partial charge in [0.1, 0.15) is 18.0 Å². The van der Waals surface area contributed by atoms with Crippen LogP contribution in [0.2, 0.25) is 0 Å². The summed E-state index contributed by atoms with van der Waals surface area (Å²) in [5, 5.41) is 3.51. The highest BCUT2D eigenvalue weighted by Crippen LogP contribution is 2.23. The summed E-state index contributed by atoms with van der Waals surface area (Å²) in [5.74, 6) is 2.21. The van der Waals surface area contributed by atoms with Crippen LogP contribution in [0.4, 0.5) is 11.6 Å². The Morgan fingerprint density at radius 2 is 2.09 bits per heavy atom. The highest BCUT2D eigenvalue weighted by Gasteiger charge is 2.28. The Balaban J connectivity index is 1.67. The van der Waals surface area contributed by atoms with Crippen molar-refractivity contribution in [1.82, 2.24) is 15.0 Å². The van der Waals surface area contributed by atoms with Crippen LogP contribution in [0.25, 0.3) is 0 Å². The van der Waals surface area contributed by atoms with Crippen LogP contribution in [0.3, 0.4) is 0 Å². The van der Waals surface area contributed by atoms with Crippen LogP contribution in [0, 0.1) is 5.92 Å². The average Bonchev–Trinajstić information content (AvgIpc) is 3.02. The number of rotatable bonds is 6. The van der Waals surface area contributed by atoms with Gasteiger partial charge in [0, 0.05) is 38.0 Å². The molecule has 2 aromatic heterocycles. The van der Waals surface area contributed by atoms with E-state index in [1.165, 1.54) is 5.56 Å². The first-order valence-corrected chi connectivity index (χ1v) is 8.02. The molecule has 1 N–H and O–H groups in total. The quantitative estimate of drug-likeness (QED) is 0.880. The molecule has 0 aromatic carbocycles. The van der Waals surface area contributed by atoms with Gasteiger partial charge in [0.25, 0.3) is 0 Å². The minimum atomic E-state index is 0.262. The summed E-state index contributed by atoms with van der Waals surface area (Å²) in [6.45, 7) is 4.49. The van der Waals surface area contributed by atoms with Gasteiger partial charge in [-0.25, -0.2) is 9.97 Å². The molecule has 6 nitrogen and oxygen atoms in total. The fourth-order valence-corrected chi connectivity index (χ4v) is 2.77. The van der Waals surface area contributed by atoms with Crippen molar-refractivity contribution < 1.29 is 4.74 Å². The predicted molar refractivity (Wildman–Crippen MR) is 90.6 cm³/mol. The minimum Gasteiger partial charge on any atom is -0.379 e. The number of anilines is 2. The van der Waals surface area contributed by atoms with Crippen molar-refractivity contribution in [2.45, 2.75) is 19.4 Å².